The Morgan fingerprint density at radius 1 is 1.07 bits per heavy atom. The third-order valence-electron chi connectivity index (χ3n) is 4.82. The fourth-order valence-electron chi connectivity index (χ4n) is 3.29. The molecule has 0 spiro atoms. The quantitative estimate of drug-likeness (QED) is 0.676. The van der Waals surface area contributed by atoms with Gasteiger partial charge >= 0.3 is 6.01 Å². The van der Waals surface area contributed by atoms with Gasteiger partial charge < -0.3 is 19.9 Å². The summed E-state index contributed by atoms with van der Waals surface area (Å²) in [5.41, 5.74) is 0.819. The largest absolute Gasteiger partial charge is 0.467 e. The molecule has 154 valence electrons. The second kappa shape index (κ2) is 8.68. The molecule has 1 N–H and O–H groups in total. The first-order valence-electron chi connectivity index (χ1n) is 9.56. The van der Waals surface area contributed by atoms with E-state index in [1.54, 1.807) is 12.4 Å². The van der Waals surface area contributed by atoms with Crippen molar-refractivity contribution in [1.82, 2.24) is 24.9 Å². The molecule has 3 aromatic rings. The van der Waals surface area contributed by atoms with E-state index in [4.69, 9.17) is 4.74 Å². The third-order valence-corrected chi connectivity index (χ3v) is 4.82. The molecule has 1 unspecified atom stereocenters. The Kier molecular flexibility index (Phi) is 5.64. The number of rotatable bonds is 5. The van der Waals surface area contributed by atoms with Crippen LogP contribution in [0.3, 0.4) is 0 Å². The zero-order chi connectivity index (χ0) is 20.9. The summed E-state index contributed by atoms with van der Waals surface area (Å²) < 4.78 is 4.89. The Hall–Kier alpha value is -3.82. The maximum Gasteiger partial charge on any atom is 0.316 e. The van der Waals surface area contributed by atoms with Crippen LogP contribution in [0.2, 0.25) is 0 Å². The van der Waals surface area contributed by atoms with Crippen LogP contribution in [0.4, 0.5) is 17.5 Å². The van der Waals surface area contributed by atoms with Gasteiger partial charge in [0.15, 0.2) is 0 Å². The lowest BCUT2D eigenvalue weighted by molar-refractivity contribution is 0.102. The summed E-state index contributed by atoms with van der Waals surface area (Å²) in [6, 6.07) is 6.41. The number of pyridine rings is 1. The Labute approximate surface area is 174 Å². The van der Waals surface area contributed by atoms with Crippen molar-refractivity contribution in [3.63, 3.8) is 0 Å². The molecule has 1 atom stereocenters. The summed E-state index contributed by atoms with van der Waals surface area (Å²) in [6.45, 7) is 4.56. The van der Waals surface area contributed by atoms with Gasteiger partial charge in [0, 0.05) is 44.3 Å². The molecule has 1 saturated heterocycles. The second-order valence-electron chi connectivity index (χ2n) is 6.86. The van der Waals surface area contributed by atoms with Gasteiger partial charge in [-0.15, -0.1) is 0 Å². The van der Waals surface area contributed by atoms with Gasteiger partial charge in [-0.2, -0.15) is 0 Å². The van der Waals surface area contributed by atoms with Gasteiger partial charge in [0.25, 0.3) is 5.91 Å². The summed E-state index contributed by atoms with van der Waals surface area (Å²) in [6.07, 6.45) is 7.81. The van der Waals surface area contributed by atoms with Crippen molar-refractivity contribution in [2.24, 2.45) is 0 Å². The molecule has 1 fully saturated rings. The standard InChI is InChI=1S/C20H22N8O2/c1-14-13-27(7-8-28(14)17-5-3-4-6-21-17)19-22-11-16(12-23-19)26-18(29)15-9-24-20(30-2)25-10-15/h3-6,9-12,14H,7-8,13H2,1-2H3,(H,26,29). The smallest absolute Gasteiger partial charge is 0.316 e. The highest BCUT2D eigenvalue weighted by atomic mass is 16.5. The maximum atomic E-state index is 12.3. The number of hydrogen-bond acceptors (Lipinski definition) is 9. The zero-order valence-corrected chi connectivity index (χ0v) is 16.8. The molecule has 0 radical (unpaired) electrons. The average Bonchev–Trinajstić information content (AvgIpc) is 2.80. The summed E-state index contributed by atoms with van der Waals surface area (Å²) in [4.78, 5) is 37.9. The van der Waals surface area contributed by atoms with Crippen LogP contribution in [-0.4, -0.2) is 63.6 Å². The summed E-state index contributed by atoms with van der Waals surface area (Å²) >= 11 is 0. The number of carbonyl (C=O) groups excluding carboxylic acids is 1. The van der Waals surface area contributed by atoms with Crippen LogP contribution in [0.15, 0.2) is 49.2 Å². The highest BCUT2D eigenvalue weighted by Gasteiger charge is 2.26. The molecule has 10 nitrogen and oxygen atoms in total. The van der Waals surface area contributed by atoms with E-state index >= 15 is 0 Å². The fourth-order valence-corrected chi connectivity index (χ4v) is 3.29. The van der Waals surface area contributed by atoms with Crippen molar-refractivity contribution in [1.29, 1.82) is 0 Å². The van der Waals surface area contributed by atoms with E-state index in [0.717, 1.165) is 25.5 Å². The topological polar surface area (TPSA) is 109 Å². The minimum atomic E-state index is -0.341. The molecule has 1 amide bonds. The molecule has 0 saturated carbocycles. The van der Waals surface area contributed by atoms with Crippen LogP contribution >= 0.6 is 0 Å². The molecule has 0 bridgehead atoms. The minimum absolute atomic E-state index is 0.205. The molecule has 4 rings (SSSR count). The molecular weight excluding hydrogens is 384 g/mol. The van der Waals surface area contributed by atoms with Gasteiger partial charge in [0.2, 0.25) is 5.95 Å². The van der Waals surface area contributed by atoms with Gasteiger partial charge in [-0.25, -0.2) is 24.9 Å². The maximum absolute atomic E-state index is 12.3. The van der Waals surface area contributed by atoms with Gasteiger partial charge in [-0.1, -0.05) is 6.07 Å². The second-order valence-corrected chi connectivity index (χ2v) is 6.86. The zero-order valence-electron chi connectivity index (χ0n) is 16.8. The Morgan fingerprint density at radius 3 is 2.47 bits per heavy atom. The van der Waals surface area contributed by atoms with Crippen molar-refractivity contribution in [2.45, 2.75) is 13.0 Å². The van der Waals surface area contributed by atoms with Gasteiger partial charge in [-0.05, 0) is 19.1 Å². The van der Waals surface area contributed by atoms with Crippen LogP contribution in [0, 0.1) is 0 Å². The lowest BCUT2D eigenvalue weighted by atomic mass is 10.2. The van der Waals surface area contributed by atoms with Crippen molar-refractivity contribution >= 4 is 23.4 Å². The molecule has 10 heteroatoms. The third kappa shape index (κ3) is 4.27. The fraction of sp³-hybridized carbons (Fsp3) is 0.300. The molecule has 4 heterocycles. The van der Waals surface area contributed by atoms with E-state index in [-0.39, 0.29) is 18.0 Å². The Bertz CT molecular complexity index is 982. The number of hydrogen-bond donors (Lipinski definition) is 1. The molecule has 1 aliphatic heterocycles. The summed E-state index contributed by atoms with van der Waals surface area (Å²) in [5, 5.41) is 2.74. The molecule has 1 aliphatic rings. The summed E-state index contributed by atoms with van der Waals surface area (Å²) in [7, 11) is 1.47. The van der Waals surface area contributed by atoms with E-state index in [9.17, 15) is 4.79 Å². The first kappa shape index (κ1) is 19.5. The number of nitrogens with one attached hydrogen (secondary N) is 1. The average molecular weight is 406 g/mol. The first-order valence-corrected chi connectivity index (χ1v) is 9.56. The Balaban J connectivity index is 1.37. The summed E-state index contributed by atoms with van der Waals surface area (Å²) in [5.74, 6) is 1.27. The lowest BCUT2D eigenvalue weighted by Crippen LogP contribution is -2.52. The normalized spacial score (nSPS) is 16.3. The Morgan fingerprint density at radius 2 is 1.83 bits per heavy atom. The number of piperazine rings is 1. The highest BCUT2D eigenvalue weighted by molar-refractivity contribution is 6.03. The lowest BCUT2D eigenvalue weighted by Gasteiger charge is -2.40. The van der Waals surface area contributed by atoms with Crippen molar-refractivity contribution in [2.75, 3.05) is 41.9 Å². The predicted molar refractivity (Wildman–Crippen MR) is 112 cm³/mol. The van der Waals surface area contributed by atoms with E-state index in [0.29, 0.717) is 17.2 Å². The highest BCUT2D eigenvalue weighted by Crippen LogP contribution is 2.20. The van der Waals surface area contributed by atoms with Gasteiger partial charge in [0.05, 0.1) is 30.8 Å². The molecule has 0 aliphatic carbocycles. The molecular formula is C20H22N8O2. The van der Waals surface area contributed by atoms with Crippen LogP contribution in [0.25, 0.3) is 0 Å². The van der Waals surface area contributed by atoms with Gasteiger partial charge in [-0.3, -0.25) is 4.79 Å². The number of methoxy groups -OCH3 is 1. The monoisotopic (exact) mass is 406 g/mol. The van der Waals surface area contributed by atoms with E-state index in [1.165, 1.54) is 19.5 Å². The predicted octanol–water partition coefficient (Wildman–Crippen LogP) is 1.64. The number of nitrogens with zero attached hydrogens (tertiary/aromatic N) is 7. The van der Waals surface area contributed by atoms with Crippen LogP contribution < -0.4 is 19.9 Å². The van der Waals surface area contributed by atoms with Crippen LogP contribution in [0.5, 0.6) is 6.01 Å². The molecule has 30 heavy (non-hydrogen) atoms. The number of ether oxygens (including phenoxy) is 1. The van der Waals surface area contributed by atoms with Gasteiger partial charge in [0.1, 0.15) is 5.82 Å². The van der Waals surface area contributed by atoms with E-state index in [1.807, 2.05) is 24.4 Å². The first-order chi connectivity index (χ1) is 14.6. The van der Waals surface area contributed by atoms with Crippen LogP contribution in [0.1, 0.15) is 17.3 Å². The molecule has 3 aromatic heterocycles. The SMILES string of the molecule is COc1ncc(C(=O)Nc2cnc(N3CCN(c4ccccn4)C(C)C3)nc2)cn1. The molecule has 0 aromatic carbocycles. The van der Waals surface area contributed by atoms with Crippen molar-refractivity contribution in [3.8, 4) is 6.01 Å². The van der Waals surface area contributed by atoms with Crippen LogP contribution in [-0.2, 0) is 0 Å². The number of aromatic nitrogens is 5. The minimum Gasteiger partial charge on any atom is -0.467 e. The number of carbonyl (C=O) groups is 1. The number of anilines is 3. The number of amides is 1. The van der Waals surface area contributed by atoms with E-state index < -0.39 is 0 Å². The van der Waals surface area contributed by atoms with Crippen molar-refractivity contribution in [3.05, 3.63) is 54.7 Å². The van der Waals surface area contributed by atoms with E-state index in [2.05, 4.69) is 47.0 Å². The van der Waals surface area contributed by atoms with Crippen molar-refractivity contribution < 1.29 is 9.53 Å².